The molecule has 316 valence electrons. The molecular formula is C48H52N6O7. The van der Waals surface area contributed by atoms with Gasteiger partial charge < -0.3 is 31.5 Å². The minimum Gasteiger partial charge on any atom is -0.368 e. The molecule has 0 aliphatic carbocycles. The molecule has 2 aliphatic rings. The standard InChI is InChI=1S/C48H52N6O7/c1-32(55)35-17-19-37(20-18-35)36-15-13-33(14-16-36)27-40-46(60)51-30-39-12-7-6-11-38(39)28-44(58)53(2)41(45(49)59)23-25-50-42(56)21-22-43(57)54-26-8-24-48(31-54,47(61)52-40)29-34-9-4-3-5-10-34/h3-7,9-22,40-41H,8,23-31H2,1-2H3,(H2,49,59)(H,50,56)(H,51,60)(H,52,61)/b22-21+/t40-,41-,48-/m0/s1. The number of nitrogens with one attached hydrogen (secondary N) is 3. The summed E-state index contributed by atoms with van der Waals surface area (Å²) >= 11 is 0. The van der Waals surface area contributed by atoms with Crippen molar-refractivity contribution in [2.75, 3.05) is 26.7 Å². The van der Waals surface area contributed by atoms with E-state index in [1.165, 1.54) is 18.9 Å². The first-order valence-corrected chi connectivity index (χ1v) is 20.5. The third-order valence-corrected chi connectivity index (χ3v) is 11.6. The lowest BCUT2D eigenvalue weighted by atomic mass is 9.74. The number of likely N-dealkylation sites (N-methyl/N-ethyl adjacent to an activating group) is 1. The highest BCUT2D eigenvalue weighted by Crippen LogP contribution is 2.35. The van der Waals surface area contributed by atoms with Crippen molar-refractivity contribution in [3.63, 3.8) is 0 Å². The van der Waals surface area contributed by atoms with Crippen LogP contribution in [0.4, 0.5) is 0 Å². The van der Waals surface area contributed by atoms with Gasteiger partial charge >= 0.3 is 0 Å². The second kappa shape index (κ2) is 19.9. The minimum absolute atomic E-state index is 0.0105. The van der Waals surface area contributed by atoms with E-state index in [1.807, 2.05) is 66.7 Å². The van der Waals surface area contributed by atoms with Crippen LogP contribution in [0.2, 0.25) is 0 Å². The summed E-state index contributed by atoms with van der Waals surface area (Å²) < 4.78 is 0. The average molecular weight is 825 g/mol. The van der Waals surface area contributed by atoms with E-state index in [1.54, 1.807) is 41.3 Å². The smallest absolute Gasteiger partial charge is 0.246 e. The molecule has 13 nitrogen and oxygen atoms in total. The van der Waals surface area contributed by atoms with Crippen LogP contribution in [0.5, 0.6) is 0 Å². The van der Waals surface area contributed by atoms with E-state index in [4.69, 9.17) is 5.73 Å². The number of carbonyl (C=O) groups excluding carboxylic acids is 7. The zero-order chi connectivity index (χ0) is 43.5. The van der Waals surface area contributed by atoms with Crippen molar-refractivity contribution in [2.45, 2.75) is 64.1 Å². The van der Waals surface area contributed by atoms with Crippen LogP contribution in [0.3, 0.4) is 0 Å². The quantitative estimate of drug-likeness (QED) is 0.205. The van der Waals surface area contributed by atoms with Crippen LogP contribution < -0.4 is 21.7 Å². The van der Waals surface area contributed by atoms with Crippen molar-refractivity contribution in [2.24, 2.45) is 11.1 Å². The molecule has 4 aromatic rings. The summed E-state index contributed by atoms with van der Waals surface area (Å²) in [7, 11) is 1.47. The predicted molar refractivity (Wildman–Crippen MR) is 230 cm³/mol. The molecule has 0 spiro atoms. The summed E-state index contributed by atoms with van der Waals surface area (Å²) in [5.74, 6) is -3.00. The monoisotopic (exact) mass is 824 g/mol. The Hall–Kier alpha value is -6.89. The topological polar surface area (TPSA) is 188 Å². The van der Waals surface area contributed by atoms with Gasteiger partial charge in [-0.2, -0.15) is 0 Å². The van der Waals surface area contributed by atoms with Gasteiger partial charge in [0.2, 0.25) is 35.4 Å². The highest BCUT2D eigenvalue weighted by molar-refractivity contribution is 5.98. The van der Waals surface area contributed by atoms with Crippen LogP contribution in [0.15, 0.2) is 115 Å². The molecule has 2 aliphatic heterocycles. The van der Waals surface area contributed by atoms with Crippen molar-refractivity contribution in [3.05, 3.63) is 143 Å². The SMILES string of the molecule is CC(=O)c1ccc(-c2ccc(C[C@@H]3NC(=O)[C@]4(Cc5ccccc5)CCCN(C4)C(=O)/C=C/C(=O)NCC[C@@H](C(N)=O)N(C)C(=O)Cc4ccccc4CNC3=O)cc2)cc1. The van der Waals surface area contributed by atoms with E-state index in [-0.39, 0.29) is 50.6 Å². The molecule has 0 aromatic heterocycles. The molecule has 1 fully saturated rings. The minimum atomic E-state index is -1.11. The number of hydrogen-bond donors (Lipinski definition) is 4. The third-order valence-electron chi connectivity index (χ3n) is 11.6. The molecule has 61 heavy (non-hydrogen) atoms. The zero-order valence-corrected chi connectivity index (χ0v) is 34.5. The summed E-state index contributed by atoms with van der Waals surface area (Å²) in [6, 6.07) is 29.6. The van der Waals surface area contributed by atoms with Gasteiger partial charge in [0.15, 0.2) is 5.78 Å². The molecule has 1 saturated heterocycles. The molecule has 5 N–H and O–H groups in total. The van der Waals surface area contributed by atoms with Crippen LogP contribution in [0.25, 0.3) is 11.1 Å². The Morgan fingerprint density at radius 1 is 0.787 bits per heavy atom. The Kier molecular flexibility index (Phi) is 14.3. The Morgan fingerprint density at radius 3 is 2.11 bits per heavy atom. The molecule has 0 radical (unpaired) electrons. The molecule has 6 rings (SSSR count). The predicted octanol–water partition coefficient (Wildman–Crippen LogP) is 3.68. The van der Waals surface area contributed by atoms with E-state index in [0.717, 1.165) is 34.4 Å². The van der Waals surface area contributed by atoms with E-state index < -0.39 is 47.0 Å². The zero-order valence-electron chi connectivity index (χ0n) is 34.5. The van der Waals surface area contributed by atoms with Crippen LogP contribution in [0.1, 0.15) is 58.8 Å². The van der Waals surface area contributed by atoms with Gasteiger partial charge in [0.05, 0.1) is 11.8 Å². The molecule has 4 aromatic carbocycles. The number of nitrogens with two attached hydrogens (primary N) is 1. The van der Waals surface area contributed by atoms with Crippen molar-refractivity contribution in [1.82, 2.24) is 25.8 Å². The number of amides is 6. The van der Waals surface area contributed by atoms with Crippen LogP contribution in [0, 0.1) is 5.41 Å². The van der Waals surface area contributed by atoms with Gasteiger partial charge in [-0.15, -0.1) is 0 Å². The van der Waals surface area contributed by atoms with Crippen molar-refractivity contribution < 1.29 is 33.6 Å². The van der Waals surface area contributed by atoms with E-state index in [0.29, 0.717) is 42.5 Å². The number of nitrogens with zero attached hydrogens (tertiary/aromatic N) is 2. The number of fused-ring (bicyclic) bond motifs is 3. The Morgan fingerprint density at radius 2 is 1.44 bits per heavy atom. The normalized spacial score (nSPS) is 21.4. The lowest BCUT2D eigenvalue weighted by Gasteiger charge is -2.42. The molecule has 13 heteroatoms. The summed E-state index contributed by atoms with van der Waals surface area (Å²) in [6.45, 7) is 1.99. The maximum Gasteiger partial charge on any atom is 0.246 e. The van der Waals surface area contributed by atoms with Gasteiger partial charge in [-0.1, -0.05) is 103 Å². The second-order valence-corrected chi connectivity index (χ2v) is 15.9. The number of carbonyl (C=O) groups is 7. The summed E-state index contributed by atoms with van der Waals surface area (Å²) in [6.07, 6.45) is 3.63. The van der Waals surface area contributed by atoms with Crippen molar-refractivity contribution in [3.8, 4) is 11.1 Å². The van der Waals surface area contributed by atoms with E-state index in [2.05, 4.69) is 16.0 Å². The highest BCUT2D eigenvalue weighted by Gasteiger charge is 2.44. The molecule has 2 bridgehead atoms. The number of hydrogen-bond acceptors (Lipinski definition) is 7. The first-order chi connectivity index (χ1) is 29.3. The highest BCUT2D eigenvalue weighted by atomic mass is 16.2. The molecule has 6 amide bonds. The summed E-state index contributed by atoms with van der Waals surface area (Å²) in [5, 5.41) is 8.77. The lowest BCUT2D eigenvalue weighted by molar-refractivity contribution is -0.141. The van der Waals surface area contributed by atoms with Gasteiger partial charge in [-0.25, -0.2) is 0 Å². The van der Waals surface area contributed by atoms with Gasteiger partial charge in [0.25, 0.3) is 0 Å². The Bertz CT molecular complexity index is 2290. The number of ketones is 1. The molecule has 3 atom stereocenters. The number of rotatable bonds is 7. The Balaban J connectivity index is 1.34. The average Bonchev–Trinajstić information content (AvgIpc) is 3.26. The fraction of sp³-hybridized carbons (Fsp3) is 0.312. The van der Waals surface area contributed by atoms with Crippen LogP contribution in [-0.4, -0.2) is 89.8 Å². The lowest BCUT2D eigenvalue weighted by Crippen LogP contribution is -2.58. The fourth-order valence-electron chi connectivity index (χ4n) is 8.04. The fourth-order valence-corrected chi connectivity index (χ4v) is 8.04. The maximum atomic E-state index is 14.8. The molecule has 0 saturated carbocycles. The van der Waals surface area contributed by atoms with Gasteiger partial charge in [-0.05, 0) is 66.0 Å². The Labute approximate surface area is 355 Å². The summed E-state index contributed by atoms with van der Waals surface area (Å²) in [5.41, 5.74) is 10.00. The number of benzene rings is 4. The first-order valence-electron chi connectivity index (χ1n) is 20.5. The van der Waals surface area contributed by atoms with Gasteiger partial charge in [0.1, 0.15) is 12.1 Å². The van der Waals surface area contributed by atoms with Crippen molar-refractivity contribution in [1.29, 1.82) is 0 Å². The second-order valence-electron chi connectivity index (χ2n) is 15.9. The van der Waals surface area contributed by atoms with Crippen LogP contribution >= 0.6 is 0 Å². The van der Waals surface area contributed by atoms with Crippen molar-refractivity contribution >= 4 is 41.2 Å². The molecule has 2 heterocycles. The van der Waals surface area contributed by atoms with Gasteiger partial charge in [0, 0.05) is 57.4 Å². The maximum absolute atomic E-state index is 14.8. The van der Waals surface area contributed by atoms with E-state index >= 15 is 0 Å². The van der Waals surface area contributed by atoms with Crippen LogP contribution in [-0.2, 0) is 54.6 Å². The van der Waals surface area contributed by atoms with Gasteiger partial charge in [-0.3, -0.25) is 33.6 Å². The summed E-state index contributed by atoms with van der Waals surface area (Å²) in [4.78, 5) is 96.3. The number of piperidine rings is 1. The molecular weight excluding hydrogens is 773 g/mol. The number of Topliss-reactive ketones (excluding diaryl/α,β-unsaturated/α-hetero) is 1. The van der Waals surface area contributed by atoms with E-state index in [9.17, 15) is 33.6 Å². The first kappa shape index (κ1) is 43.7. The number of primary amides is 1. The third kappa shape index (κ3) is 11.2. The largest absolute Gasteiger partial charge is 0.368 e. The molecule has 0 unspecified atom stereocenters.